The zero-order valence-electron chi connectivity index (χ0n) is 19.2. The summed E-state index contributed by atoms with van der Waals surface area (Å²) >= 11 is 0. The molecule has 168 valence electrons. The van der Waals surface area contributed by atoms with Crippen molar-refractivity contribution in [3.8, 4) is 0 Å². The Hall–Kier alpha value is -3.86. The van der Waals surface area contributed by atoms with E-state index in [0.29, 0.717) is 12.1 Å². The molecular weight excluding hydrogens is 412 g/mol. The van der Waals surface area contributed by atoms with Gasteiger partial charge in [0.1, 0.15) is 0 Å². The van der Waals surface area contributed by atoms with Crippen molar-refractivity contribution in [1.82, 2.24) is 0 Å². The number of aliphatic hydroxyl groups excluding tert-OH is 1. The molecule has 5 heteroatoms. The van der Waals surface area contributed by atoms with Crippen LogP contribution in [0.15, 0.2) is 90.2 Å². The maximum Gasteiger partial charge on any atom is 0.294 e. The first kappa shape index (κ1) is 22.3. The summed E-state index contributed by atoms with van der Waals surface area (Å²) in [7, 11) is 3.89. The minimum Gasteiger partial charge on any atom is -0.503 e. The lowest BCUT2D eigenvalue weighted by atomic mass is 9.92. The van der Waals surface area contributed by atoms with Crippen LogP contribution in [0.1, 0.15) is 29.2 Å². The highest BCUT2D eigenvalue weighted by Gasteiger charge is 2.44. The largest absolute Gasteiger partial charge is 0.503 e. The van der Waals surface area contributed by atoms with Gasteiger partial charge in [0.2, 0.25) is 0 Å². The lowest BCUT2D eigenvalue weighted by molar-refractivity contribution is -0.118. The molecule has 1 unspecified atom stereocenters. The Morgan fingerprint density at radius 1 is 0.970 bits per heavy atom. The Morgan fingerprint density at radius 3 is 2.30 bits per heavy atom. The Morgan fingerprint density at radius 2 is 1.67 bits per heavy atom. The molecule has 0 saturated heterocycles. The summed E-state index contributed by atoms with van der Waals surface area (Å²) in [6.07, 6.45) is 0.759. The summed E-state index contributed by atoms with van der Waals surface area (Å²) < 4.78 is 0. The lowest BCUT2D eigenvalue weighted by Gasteiger charge is -2.27. The van der Waals surface area contributed by atoms with Gasteiger partial charge in [0.15, 0.2) is 11.5 Å². The minimum atomic E-state index is -0.675. The van der Waals surface area contributed by atoms with E-state index < -0.39 is 17.7 Å². The number of carbonyl (C=O) groups excluding carboxylic acids is 2. The highest BCUT2D eigenvalue weighted by Crippen LogP contribution is 2.42. The average molecular weight is 441 g/mol. The number of aryl methyl sites for hydroxylation is 2. The van der Waals surface area contributed by atoms with Gasteiger partial charge in [-0.15, -0.1) is 0 Å². The minimum absolute atomic E-state index is 0.165. The van der Waals surface area contributed by atoms with Crippen LogP contribution in [0.5, 0.6) is 0 Å². The van der Waals surface area contributed by atoms with E-state index in [1.54, 1.807) is 0 Å². The third-order valence-electron chi connectivity index (χ3n) is 5.99. The molecule has 0 aromatic heterocycles. The molecule has 1 N–H and O–H groups in total. The molecule has 1 atom stereocenters. The van der Waals surface area contributed by atoms with E-state index in [0.717, 1.165) is 22.4 Å². The summed E-state index contributed by atoms with van der Waals surface area (Å²) in [5.41, 5.74) is 4.65. The normalized spacial score (nSPS) is 15.8. The van der Waals surface area contributed by atoms with E-state index in [2.05, 4.69) is 0 Å². The van der Waals surface area contributed by atoms with Crippen LogP contribution in [0.3, 0.4) is 0 Å². The van der Waals surface area contributed by atoms with Gasteiger partial charge in [0, 0.05) is 31.9 Å². The van der Waals surface area contributed by atoms with Crippen LogP contribution in [0.4, 0.5) is 11.4 Å². The number of amides is 1. The number of Topliss-reactive ketones (excluding diaryl/α,β-unsaturated/α-hetero) is 1. The highest BCUT2D eigenvalue weighted by atomic mass is 16.3. The number of hydrogen-bond donors (Lipinski definition) is 1. The summed E-state index contributed by atoms with van der Waals surface area (Å²) in [4.78, 5) is 30.1. The van der Waals surface area contributed by atoms with Crippen molar-refractivity contribution in [3.05, 3.63) is 107 Å². The fourth-order valence-electron chi connectivity index (χ4n) is 4.26. The standard InChI is InChI=1S/C28H28N2O3/c1-19-8-7-11-21(18-19)26-25(24(31)17-12-20-9-5-4-6-10-20)27(32)28(33)30(26)23-15-13-22(14-16-23)29(2)3/h4-11,13-16,18,26,32H,12,17H2,1-3H3. The number of ketones is 1. The molecule has 1 aliphatic rings. The highest BCUT2D eigenvalue weighted by molar-refractivity contribution is 6.16. The first-order valence-corrected chi connectivity index (χ1v) is 11.0. The Bertz CT molecular complexity index is 1200. The van der Waals surface area contributed by atoms with E-state index in [9.17, 15) is 14.7 Å². The molecule has 33 heavy (non-hydrogen) atoms. The van der Waals surface area contributed by atoms with E-state index in [1.165, 1.54) is 4.90 Å². The van der Waals surface area contributed by atoms with Gasteiger partial charge in [-0.05, 0) is 48.7 Å². The van der Waals surface area contributed by atoms with Crippen LogP contribution in [-0.4, -0.2) is 30.9 Å². The number of hydrogen-bond acceptors (Lipinski definition) is 4. The van der Waals surface area contributed by atoms with Gasteiger partial charge < -0.3 is 10.0 Å². The molecule has 5 nitrogen and oxygen atoms in total. The summed E-state index contributed by atoms with van der Waals surface area (Å²) in [5.74, 6) is -1.23. The first-order chi connectivity index (χ1) is 15.9. The smallest absolute Gasteiger partial charge is 0.294 e. The van der Waals surface area contributed by atoms with Crippen molar-refractivity contribution in [2.45, 2.75) is 25.8 Å². The second-order valence-corrected chi connectivity index (χ2v) is 8.57. The van der Waals surface area contributed by atoms with Gasteiger partial charge in [-0.25, -0.2) is 0 Å². The van der Waals surface area contributed by atoms with E-state index in [-0.39, 0.29) is 17.8 Å². The quantitative estimate of drug-likeness (QED) is 0.551. The molecule has 0 bridgehead atoms. The molecule has 1 aliphatic heterocycles. The second kappa shape index (κ2) is 9.33. The van der Waals surface area contributed by atoms with Gasteiger partial charge in [0.05, 0.1) is 11.6 Å². The zero-order chi connectivity index (χ0) is 23.5. The molecule has 0 aliphatic carbocycles. The molecule has 0 spiro atoms. The molecular formula is C28H28N2O3. The molecule has 1 amide bonds. The van der Waals surface area contributed by atoms with Gasteiger partial charge in [-0.2, -0.15) is 0 Å². The molecule has 4 rings (SSSR count). The maximum atomic E-state index is 13.4. The molecule has 3 aromatic rings. The SMILES string of the molecule is Cc1cccc(C2C(C(=O)CCc3ccccc3)=C(O)C(=O)N2c2ccc(N(C)C)cc2)c1. The third-order valence-corrected chi connectivity index (χ3v) is 5.99. The van der Waals surface area contributed by atoms with Crippen LogP contribution in [0, 0.1) is 6.92 Å². The molecule has 0 saturated carbocycles. The number of aliphatic hydroxyl groups is 1. The average Bonchev–Trinajstić information content (AvgIpc) is 3.09. The summed E-state index contributed by atoms with van der Waals surface area (Å²) in [5, 5.41) is 10.9. The first-order valence-electron chi connectivity index (χ1n) is 11.0. The monoisotopic (exact) mass is 440 g/mol. The van der Waals surface area contributed by atoms with Crippen molar-refractivity contribution in [3.63, 3.8) is 0 Å². The second-order valence-electron chi connectivity index (χ2n) is 8.57. The number of nitrogens with zero attached hydrogens (tertiary/aromatic N) is 2. The van der Waals surface area contributed by atoms with Crippen LogP contribution in [0.2, 0.25) is 0 Å². The van der Waals surface area contributed by atoms with E-state index in [1.807, 2.05) is 105 Å². The fourth-order valence-corrected chi connectivity index (χ4v) is 4.26. The van der Waals surface area contributed by atoms with Gasteiger partial charge in [-0.1, -0.05) is 60.2 Å². The predicted octanol–water partition coefficient (Wildman–Crippen LogP) is 5.16. The van der Waals surface area contributed by atoms with Crippen molar-refractivity contribution in [2.75, 3.05) is 23.9 Å². The van der Waals surface area contributed by atoms with Crippen LogP contribution < -0.4 is 9.80 Å². The van der Waals surface area contributed by atoms with Gasteiger partial charge >= 0.3 is 0 Å². The van der Waals surface area contributed by atoms with Crippen LogP contribution in [-0.2, 0) is 16.0 Å². The van der Waals surface area contributed by atoms with E-state index >= 15 is 0 Å². The summed E-state index contributed by atoms with van der Waals surface area (Å²) in [6, 6.07) is 24.3. The van der Waals surface area contributed by atoms with Crippen molar-refractivity contribution in [1.29, 1.82) is 0 Å². The number of benzene rings is 3. The molecule has 3 aromatic carbocycles. The van der Waals surface area contributed by atoms with Gasteiger partial charge in [0.25, 0.3) is 5.91 Å². The third kappa shape index (κ3) is 4.53. The van der Waals surface area contributed by atoms with Crippen molar-refractivity contribution < 1.29 is 14.7 Å². The molecule has 0 fully saturated rings. The maximum absolute atomic E-state index is 13.4. The zero-order valence-corrected chi connectivity index (χ0v) is 19.2. The Balaban J connectivity index is 1.72. The Kier molecular flexibility index (Phi) is 6.31. The number of carbonyl (C=O) groups is 2. The van der Waals surface area contributed by atoms with Crippen molar-refractivity contribution in [2.24, 2.45) is 0 Å². The van der Waals surface area contributed by atoms with Crippen LogP contribution in [0.25, 0.3) is 0 Å². The van der Waals surface area contributed by atoms with Crippen LogP contribution >= 0.6 is 0 Å². The topological polar surface area (TPSA) is 60.9 Å². The number of rotatable bonds is 7. The lowest BCUT2D eigenvalue weighted by Crippen LogP contribution is -2.31. The van der Waals surface area contributed by atoms with E-state index in [4.69, 9.17) is 0 Å². The Labute approximate surface area is 194 Å². The van der Waals surface area contributed by atoms with Crippen molar-refractivity contribution >= 4 is 23.1 Å². The summed E-state index contributed by atoms with van der Waals surface area (Å²) in [6.45, 7) is 1.97. The molecule has 0 radical (unpaired) electrons. The predicted molar refractivity (Wildman–Crippen MR) is 132 cm³/mol. The fraction of sp³-hybridized carbons (Fsp3) is 0.214. The van der Waals surface area contributed by atoms with Gasteiger partial charge in [-0.3, -0.25) is 14.5 Å². The molecule has 1 heterocycles. The number of anilines is 2.